The quantitative estimate of drug-likeness (QED) is 0.265. The summed E-state index contributed by atoms with van der Waals surface area (Å²) >= 11 is 0. The second kappa shape index (κ2) is 14.6. The number of hydrogen-bond acceptors (Lipinski definition) is 4. The van der Waals surface area contributed by atoms with Gasteiger partial charge in [-0.15, -0.1) is 0 Å². The Hall–Kier alpha value is -2.55. The van der Waals surface area contributed by atoms with Crippen LogP contribution in [0.1, 0.15) is 30.4 Å². The molecule has 0 aliphatic carbocycles. The standard InChI is InChI=1S/C28H28O4.Na/c1-31-27(28(29)30)21-23-14-12-22(13-15-23)9-5-2-3-8-20-32-26-18-16-25(17-19-26)24-10-6-4-7-11-24;/h4,6-7,10-19,27H,2-3,8,20-21H2,1H3,(H,29,30);/q;+1/p-1/t27-;/m0./s1. The first-order chi connectivity index (χ1) is 15.7. The molecule has 0 aromatic heterocycles. The summed E-state index contributed by atoms with van der Waals surface area (Å²) in [5, 5.41) is 10.9. The molecule has 33 heavy (non-hydrogen) atoms. The maximum absolute atomic E-state index is 10.9. The molecule has 0 fully saturated rings. The summed E-state index contributed by atoms with van der Waals surface area (Å²) in [6.07, 6.45) is 2.05. The molecule has 0 N–H and O–H groups in total. The molecule has 164 valence electrons. The molecule has 5 heteroatoms. The van der Waals surface area contributed by atoms with E-state index in [0.29, 0.717) is 6.61 Å². The van der Waals surface area contributed by atoms with Gasteiger partial charge in [-0.05, 0) is 53.8 Å². The number of carboxylic acid groups (broad SMARTS) is 1. The molecule has 3 rings (SSSR count). The van der Waals surface area contributed by atoms with Crippen LogP contribution in [-0.4, -0.2) is 25.8 Å². The Balaban J connectivity index is 0.00000385. The van der Waals surface area contributed by atoms with E-state index >= 15 is 0 Å². The third-order valence-electron chi connectivity index (χ3n) is 5.08. The van der Waals surface area contributed by atoms with E-state index in [1.54, 1.807) is 0 Å². The Morgan fingerprint density at radius 2 is 1.58 bits per heavy atom. The van der Waals surface area contributed by atoms with E-state index in [-0.39, 0.29) is 36.0 Å². The molecule has 0 radical (unpaired) electrons. The van der Waals surface area contributed by atoms with Crippen molar-refractivity contribution in [3.8, 4) is 28.7 Å². The van der Waals surface area contributed by atoms with Gasteiger partial charge < -0.3 is 19.4 Å². The van der Waals surface area contributed by atoms with Crippen LogP contribution in [0.15, 0.2) is 78.9 Å². The number of carboxylic acids is 1. The van der Waals surface area contributed by atoms with Crippen LogP contribution >= 0.6 is 0 Å². The molecule has 0 amide bonds. The predicted molar refractivity (Wildman–Crippen MR) is 124 cm³/mol. The molecule has 0 spiro atoms. The number of carbonyl (C=O) groups excluding carboxylic acids is 1. The van der Waals surface area contributed by atoms with Crippen molar-refractivity contribution < 1.29 is 48.9 Å². The SMILES string of the molecule is CO[C@@H](Cc1ccc(C#CCCCCOc2ccc(-c3ccccc3)cc2)cc1)C(=O)[O-].[Na+]. The Bertz CT molecular complexity index is 1040. The monoisotopic (exact) mass is 450 g/mol. The van der Waals surface area contributed by atoms with Gasteiger partial charge in [0.1, 0.15) is 11.9 Å². The first kappa shape index (κ1) is 26.7. The van der Waals surface area contributed by atoms with Crippen molar-refractivity contribution in [2.24, 2.45) is 0 Å². The fourth-order valence-corrected chi connectivity index (χ4v) is 3.25. The Morgan fingerprint density at radius 1 is 0.909 bits per heavy atom. The zero-order chi connectivity index (χ0) is 22.6. The van der Waals surface area contributed by atoms with Gasteiger partial charge in [0, 0.05) is 25.5 Å². The van der Waals surface area contributed by atoms with Crippen molar-refractivity contribution in [3.05, 3.63) is 90.0 Å². The largest absolute Gasteiger partial charge is 1.00 e. The van der Waals surface area contributed by atoms with Gasteiger partial charge in [-0.2, -0.15) is 0 Å². The third kappa shape index (κ3) is 9.07. The predicted octanol–water partition coefficient (Wildman–Crippen LogP) is 1.27. The van der Waals surface area contributed by atoms with Crippen LogP contribution in [0.4, 0.5) is 0 Å². The minimum Gasteiger partial charge on any atom is -0.547 e. The molecule has 3 aromatic rings. The molecule has 0 aliphatic rings. The van der Waals surface area contributed by atoms with Crippen LogP contribution in [0.5, 0.6) is 5.75 Å². The molecule has 0 saturated carbocycles. The van der Waals surface area contributed by atoms with E-state index in [9.17, 15) is 9.90 Å². The molecule has 0 bridgehead atoms. The summed E-state index contributed by atoms with van der Waals surface area (Å²) in [6, 6.07) is 26.0. The Kier molecular flexibility index (Phi) is 11.8. The number of methoxy groups -OCH3 is 1. The van der Waals surface area contributed by atoms with Crippen LogP contribution in [-0.2, 0) is 16.0 Å². The summed E-state index contributed by atoms with van der Waals surface area (Å²) in [7, 11) is 1.37. The Labute approximate surface area is 218 Å². The summed E-state index contributed by atoms with van der Waals surface area (Å²) in [4.78, 5) is 10.9. The topological polar surface area (TPSA) is 58.6 Å². The normalized spacial score (nSPS) is 10.9. The van der Waals surface area contributed by atoms with Gasteiger partial charge in [0.2, 0.25) is 0 Å². The van der Waals surface area contributed by atoms with Crippen molar-refractivity contribution in [3.63, 3.8) is 0 Å². The molecule has 1 atom stereocenters. The third-order valence-corrected chi connectivity index (χ3v) is 5.08. The summed E-state index contributed by atoms with van der Waals surface area (Å²) in [5.74, 6) is 6.00. The van der Waals surface area contributed by atoms with E-state index in [1.165, 1.54) is 18.2 Å². The molecule has 3 aromatic carbocycles. The fourth-order valence-electron chi connectivity index (χ4n) is 3.25. The van der Waals surface area contributed by atoms with Crippen LogP contribution in [0.2, 0.25) is 0 Å². The number of aliphatic carboxylic acids is 1. The van der Waals surface area contributed by atoms with Crippen molar-refractivity contribution in [2.45, 2.75) is 31.8 Å². The van der Waals surface area contributed by atoms with Gasteiger partial charge in [-0.1, -0.05) is 66.4 Å². The average Bonchev–Trinajstić information content (AvgIpc) is 2.83. The van der Waals surface area contributed by atoms with Crippen molar-refractivity contribution in [1.29, 1.82) is 0 Å². The van der Waals surface area contributed by atoms with Crippen molar-refractivity contribution in [1.82, 2.24) is 0 Å². The van der Waals surface area contributed by atoms with Crippen LogP contribution < -0.4 is 39.4 Å². The summed E-state index contributed by atoms with van der Waals surface area (Å²) in [6.45, 7) is 0.667. The molecule has 0 heterocycles. The molecule has 4 nitrogen and oxygen atoms in total. The molecule has 0 unspecified atom stereocenters. The summed E-state index contributed by atoms with van der Waals surface area (Å²) < 4.78 is 10.7. The zero-order valence-corrected chi connectivity index (χ0v) is 21.3. The number of hydrogen-bond donors (Lipinski definition) is 0. The smallest absolute Gasteiger partial charge is 0.547 e. The second-order valence-electron chi connectivity index (χ2n) is 7.44. The Morgan fingerprint density at radius 3 is 2.21 bits per heavy atom. The van der Waals surface area contributed by atoms with Gasteiger partial charge in [-0.3, -0.25) is 0 Å². The molecular formula is C28H27NaO4. The minimum absolute atomic E-state index is 0. The van der Waals surface area contributed by atoms with Crippen LogP contribution in [0, 0.1) is 11.8 Å². The average molecular weight is 451 g/mol. The number of ether oxygens (including phenoxy) is 2. The van der Waals surface area contributed by atoms with Gasteiger partial charge >= 0.3 is 29.6 Å². The zero-order valence-electron chi connectivity index (χ0n) is 19.3. The van der Waals surface area contributed by atoms with Gasteiger partial charge in [-0.25, -0.2) is 0 Å². The number of benzene rings is 3. The number of unbranched alkanes of at least 4 members (excludes halogenated alkanes) is 2. The summed E-state index contributed by atoms with van der Waals surface area (Å²) in [5.41, 5.74) is 4.16. The van der Waals surface area contributed by atoms with E-state index in [4.69, 9.17) is 9.47 Å². The van der Waals surface area contributed by atoms with E-state index < -0.39 is 12.1 Å². The van der Waals surface area contributed by atoms with E-state index in [0.717, 1.165) is 36.1 Å². The number of carbonyl (C=O) groups is 1. The second-order valence-corrected chi connectivity index (χ2v) is 7.44. The van der Waals surface area contributed by atoms with Crippen molar-refractivity contribution >= 4 is 5.97 Å². The van der Waals surface area contributed by atoms with Gasteiger partial charge in [0.25, 0.3) is 0 Å². The minimum atomic E-state index is -1.20. The van der Waals surface area contributed by atoms with Crippen LogP contribution in [0.3, 0.4) is 0 Å². The maximum atomic E-state index is 10.9. The molecule has 0 saturated heterocycles. The van der Waals surface area contributed by atoms with E-state index in [2.05, 4.69) is 36.1 Å². The van der Waals surface area contributed by atoms with Crippen LogP contribution in [0.25, 0.3) is 11.1 Å². The van der Waals surface area contributed by atoms with Crippen molar-refractivity contribution in [2.75, 3.05) is 13.7 Å². The van der Waals surface area contributed by atoms with Gasteiger partial charge in [0.05, 0.1) is 12.6 Å². The first-order valence-electron chi connectivity index (χ1n) is 10.8. The number of rotatable bonds is 10. The fraction of sp³-hybridized carbons (Fsp3) is 0.250. The first-order valence-corrected chi connectivity index (χ1v) is 10.8. The molecule has 0 aliphatic heterocycles. The van der Waals surface area contributed by atoms with Gasteiger partial charge in [0.15, 0.2) is 0 Å². The van der Waals surface area contributed by atoms with E-state index in [1.807, 2.05) is 54.6 Å². The maximum Gasteiger partial charge on any atom is 1.00 e. The molecular weight excluding hydrogens is 423 g/mol.